The Labute approximate surface area is 108 Å². The van der Waals surface area contributed by atoms with Gasteiger partial charge in [0, 0.05) is 30.6 Å². The molecule has 3 aliphatic rings. The van der Waals surface area contributed by atoms with E-state index >= 15 is 0 Å². The molecule has 0 aliphatic carbocycles. The average Bonchev–Trinajstić information content (AvgIpc) is 2.86. The van der Waals surface area contributed by atoms with Crippen LogP contribution in [0, 0.1) is 0 Å². The predicted octanol–water partition coefficient (Wildman–Crippen LogP) is 1.56. The van der Waals surface area contributed by atoms with Crippen molar-refractivity contribution in [1.82, 2.24) is 8.61 Å². The molecule has 3 aliphatic heterocycles. The van der Waals surface area contributed by atoms with Gasteiger partial charge in [-0.2, -0.15) is 17.0 Å². The monoisotopic (exact) mass is 278 g/mol. The fourth-order valence-electron chi connectivity index (χ4n) is 3.50. The van der Waals surface area contributed by atoms with E-state index in [0.29, 0.717) is 13.1 Å². The lowest BCUT2D eigenvalue weighted by molar-refractivity contribution is 0.234. The molecule has 0 aromatic rings. The zero-order valence-electron chi connectivity index (χ0n) is 9.89. The molecule has 98 valence electrons. The van der Waals surface area contributed by atoms with E-state index in [-0.39, 0.29) is 17.5 Å². The van der Waals surface area contributed by atoms with Crippen molar-refractivity contribution in [1.29, 1.82) is 0 Å². The predicted molar refractivity (Wildman–Crippen MR) is 67.3 cm³/mol. The SMILES string of the molecule is O=S(=O)(N1CCCC1)N1C2CCC1CC(Cl)C2. The van der Waals surface area contributed by atoms with E-state index in [9.17, 15) is 8.42 Å². The number of alkyl halides is 1. The normalized spacial score (nSPS) is 39.9. The van der Waals surface area contributed by atoms with Crippen molar-refractivity contribution in [2.75, 3.05) is 13.1 Å². The number of nitrogens with zero attached hydrogens (tertiary/aromatic N) is 2. The van der Waals surface area contributed by atoms with Crippen molar-refractivity contribution in [3.05, 3.63) is 0 Å². The summed E-state index contributed by atoms with van der Waals surface area (Å²) in [4.78, 5) is 0. The van der Waals surface area contributed by atoms with Crippen LogP contribution in [-0.4, -0.2) is 47.6 Å². The summed E-state index contributed by atoms with van der Waals surface area (Å²) in [5.74, 6) is 0. The van der Waals surface area contributed by atoms with Crippen molar-refractivity contribution < 1.29 is 8.42 Å². The molecule has 17 heavy (non-hydrogen) atoms. The molecule has 3 heterocycles. The summed E-state index contributed by atoms with van der Waals surface area (Å²) >= 11 is 6.19. The smallest absolute Gasteiger partial charge is 0.195 e. The first-order valence-corrected chi connectivity index (χ1v) is 8.35. The standard InChI is InChI=1S/C11H19ClN2O2S/c12-9-7-10-3-4-11(8-9)14(10)17(15,16)13-5-1-2-6-13/h9-11H,1-8H2. The van der Waals surface area contributed by atoms with E-state index in [4.69, 9.17) is 11.6 Å². The van der Waals surface area contributed by atoms with Crippen LogP contribution in [0.5, 0.6) is 0 Å². The summed E-state index contributed by atoms with van der Waals surface area (Å²) in [5, 5.41) is 0.164. The molecule has 2 unspecified atom stereocenters. The number of piperidine rings is 1. The van der Waals surface area contributed by atoms with Crippen molar-refractivity contribution in [3.8, 4) is 0 Å². The first kappa shape index (κ1) is 12.2. The summed E-state index contributed by atoms with van der Waals surface area (Å²) in [6.07, 6.45) is 5.62. The van der Waals surface area contributed by atoms with Crippen LogP contribution in [0.4, 0.5) is 0 Å². The zero-order chi connectivity index (χ0) is 12.0. The molecule has 0 amide bonds. The lowest BCUT2D eigenvalue weighted by Gasteiger charge is -2.37. The number of halogens is 1. The molecule has 3 saturated heterocycles. The minimum absolute atomic E-state index is 0.154. The maximum atomic E-state index is 12.6. The van der Waals surface area contributed by atoms with Gasteiger partial charge in [0.05, 0.1) is 0 Å². The molecular formula is C11H19ClN2O2S. The summed E-state index contributed by atoms with van der Waals surface area (Å²) in [6, 6.07) is 0.309. The second kappa shape index (κ2) is 4.37. The Bertz CT molecular complexity index is 380. The van der Waals surface area contributed by atoms with Gasteiger partial charge in [0.2, 0.25) is 0 Å². The van der Waals surface area contributed by atoms with Crippen LogP contribution in [-0.2, 0) is 10.2 Å². The molecule has 0 aromatic carbocycles. The zero-order valence-corrected chi connectivity index (χ0v) is 11.5. The lowest BCUT2D eigenvalue weighted by atomic mass is 10.1. The van der Waals surface area contributed by atoms with Crippen molar-refractivity contribution in [2.24, 2.45) is 0 Å². The molecule has 0 N–H and O–H groups in total. The highest BCUT2D eigenvalue weighted by atomic mass is 35.5. The van der Waals surface area contributed by atoms with Crippen molar-refractivity contribution in [3.63, 3.8) is 0 Å². The van der Waals surface area contributed by atoms with Gasteiger partial charge in [-0.1, -0.05) is 0 Å². The van der Waals surface area contributed by atoms with E-state index in [0.717, 1.165) is 38.5 Å². The van der Waals surface area contributed by atoms with Crippen LogP contribution in [0.3, 0.4) is 0 Å². The van der Waals surface area contributed by atoms with Crippen LogP contribution in [0.1, 0.15) is 38.5 Å². The second-order valence-electron chi connectivity index (χ2n) is 5.40. The highest BCUT2D eigenvalue weighted by Gasteiger charge is 2.48. The quantitative estimate of drug-likeness (QED) is 0.720. The molecule has 0 aromatic heterocycles. The molecule has 6 heteroatoms. The number of hydrogen-bond acceptors (Lipinski definition) is 2. The third-order valence-corrected chi connectivity index (χ3v) is 6.77. The Morgan fingerprint density at radius 1 is 1.00 bits per heavy atom. The summed E-state index contributed by atoms with van der Waals surface area (Å²) in [6.45, 7) is 1.39. The van der Waals surface area contributed by atoms with Gasteiger partial charge in [0.25, 0.3) is 10.2 Å². The molecule has 4 nitrogen and oxygen atoms in total. The highest BCUT2D eigenvalue weighted by Crippen LogP contribution is 2.40. The van der Waals surface area contributed by atoms with Gasteiger partial charge in [-0.05, 0) is 38.5 Å². The Kier molecular flexibility index (Phi) is 3.14. The first-order chi connectivity index (χ1) is 8.09. The molecule has 0 radical (unpaired) electrons. The Balaban J connectivity index is 1.84. The Hall–Kier alpha value is 0.160. The summed E-state index contributed by atoms with van der Waals surface area (Å²) in [7, 11) is -3.21. The van der Waals surface area contributed by atoms with E-state index in [1.807, 2.05) is 0 Å². The van der Waals surface area contributed by atoms with E-state index < -0.39 is 10.2 Å². The Morgan fingerprint density at radius 3 is 2.06 bits per heavy atom. The van der Waals surface area contributed by atoms with Gasteiger partial charge >= 0.3 is 0 Å². The molecule has 2 atom stereocenters. The Morgan fingerprint density at radius 2 is 1.53 bits per heavy atom. The van der Waals surface area contributed by atoms with Crippen LogP contribution in [0.25, 0.3) is 0 Å². The molecule has 3 rings (SSSR count). The van der Waals surface area contributed by atoms with Gasteiger partial charge in [-0.15, -0.1) is 11.6 Å². The second-order valence-corrected chi connectivity index (χ2v) is 7.85. The topological polar surface area (TPSA) is 40.6 Å². The third kappa shape index (κ3) is 2.01. The number of fused-ring (bicyclic) bond motifs is 2. The van der Waals surface area contributed by atoms with E-state index in [2.05, 4.69) is 0 Å². The van der Waals surface area contributed by atoms with Gasteiger partial charge in [-0.25, -0.2) is 0 Å². The molecule has 3 fully saturated rings. The molecular weight excluding hydrogens is 260 g/mol. The summed E-state index contributed by atoms with van der Waals surface area (Å²) in [5.41, 5.74) is 0. The van der Waals surface area contributed by atoms with Crippen molar-refractivity contribution >= 4 is 21.8 Å². The minimum Gasteiger partial charge on any atom is -0.195 e. The molecule has 0 saturated carbocycles. The van der Waals surface area contributed by atoms with Gasteiger partial charge < -0.3 is 0 Å². The third-order valence-electron chi connectivity index (χ3n) is 4.27. The fraction of sp³-hybridized carbons (Fsp3) is 1.00. The van der Waals surface area contributed by atoms with E-state index in [1.165, 1.54) is 0 Å². The maximum Gasteiger partial charge on any atom is 0.282 e. The first-order valence-electron chi connectivity index (χ1n) is 6.52. The molecule has 0 spiro atoms. The number of hydrogen-bond donors (Lipinski definition) is 0. The fourth-order valence-corrected chi connectivity index (χ4v) is 6.03. The van der Waals surface area contributed by atoms with Crippen molar-refractivity contribution in [2.45, 2.75) is 56.0 Å². The summed E-state index contributed by atoms with van der Waals surface area (Å²) < 4.78 is 28.6. The average molecular weight is 279 g/mol. The van der Waals surface area contributed by atoms with Crippen LogP contribution < -0.4 is 0 Å². The van der Waals surface area contributed by atoms with Crippen LogP contribution in [0.2, 0.25) is 0 Å². The van der Waals surface area contributed by atoms with Gasteiger partial charge in [0.15, 0.2) is 0 Å². The van der Waals surface area contributed by atoms with E-state index in [1.54, 1.807) is 8.61 Å². The van der Waals surface area contributed by atoms with Gasteiger partial charge in [0.1, 0.15) is 0 Å². The number of rotatable bonds is 2. The largest absolute Gasteiger partial charge is 0.282 e. The highest BCUT2D eigenvalue weighted by molar-refractivity contribution is 7.86. The minimum atomic E-state index is -3.21. The molecule has 2 bridgehead atoms. The van der Waals surface area contributed by atoms with Crippen LogP contribution >= 0.6 is 11.6 Å². The van der Waals surface area contributed by atoms with Gasteiger partial charge in [-0.3, -0.25) is 0 Å². The maximum absolute atomic E-state index is 12.6. The lowest BCUT2D eigenvalue weighted by Crippen LogP contribution is -2.52. The van der Waals surface area contributed by atoms with Crippen LogP contribution in [0.15, 0.2) is 0 Å².